The van der Waals surface area contributed by atoms with Gasteiger partial charge in [-0.2, -0.15) is 0 Å². The normalized spacial score (nSPS) is 14.5. The van der Waals surface area contributed by atoms with Crippen LogP contribution >= 0.6 is 11.3 Å². The highest BCUT2D eigenvalue weighted by Gasteiger charge is 2.21. The molecule has 6 nitrogen and oxygen atoms in total. The number of rotatable bonds is 8. The Morgan fingerprint density at radius 3 is 2.56 bits per heavy atom. The number of benzene rings is 1. The second-order valence-corrected chi connectivity index (χ2v) is 9.26. The zero-order chi connectivity index (χ0) is 22.3. The fourth-order valence-corrected chi connectivity index (χ4v) is 5.13. The van der Waals surface area contributed by atoms with Crippen LogP contribution in [0.3, 0.4) is 0 Å². The molecule has 3 aromatic rings. The first-order valence-corrected chi connectivity index (χ1v) is 12.2. The minimum atomic E-state index is -0.0641. The Morgan fingerprint density at radius 1 is 1.06 bits per heavy atom. The van der Waals surface area contributed by atoms with E-state index in [0.717, 1.165) is 74.1 Å². The maximum Gasteiger partial charge on any atom is 0.267 e. The highest BCUT2D eigenvalue weighted by Crippen LogP contribution is 2.28. The third kappa shape index (κ3) is 5.53. The van der Waals surface area contributed by atoms with Crippen LogP contribution in [0.1, 0.15) is 39.3 Å². The van der Waals surface area contributed by atoms with Crippen LogP contribution in [-0.4, -0.2) is 53.5 Å². The second kappa shape index (κ2) is 10.7. The number of hydrogen-bond acceptors (Lipinski definition) is 6. The van der Waals surface area contributed by atoms with Crippen LogP contribution in [-0.2, 0) is 12.8 Å². The number of anilines is 2. The summed E-state index contributed by atoms with van der Waals surface area (Å²) in [5, 5.41) is 4.18. The van der Waals surface area contributed by atoms with E-state index < -0.39 is 0 Å². The first-order chi connectivity index (χ1) is 15.6. The Balaban J connectivity index is 1.37. The molecule has 2 aromatic heterocycles. The summed E-state index contributed by atoms with van der Waals surface area (Å²) in [6.45, 7) is 9.03. The topological polar surface area (TPSA) is 61.4 Å². The van der Waals surface area contributed by atoms with Gasteiger partial charge in [-0.25, -0.2) is 4.98 Å². The molecule has 4 rings (SSSR count). The monoisotopic (exact) mass is 449 g/mol. The maximum absolute atomic E-state index is 13.0. The molecule has 0 unspecified atom stereocenters. The zero-order valence-corrected chi connectivity index (χ0v) is 19.7. The average Bonchev–Trinajstić information content (AvgIpc) is 3.19. The van der Waals surface area contributed by atoms with Gasteiger partial charge in [-0.3, -0.25) is 14.7 Å². The van der Waals surface area contributed by atoms with Gasteiger partial charge in [-0.1, -0.05) is 19.1 Å². The number of aryl methyl sites for hydroxylation is 2. The molecule has 1 amide bonds. The fourth-order valence-electron chi connectivity index (χ4n) is 4.07. The van der Waals surface area contributed by atoms with Crippen LogP contribution in [0.4, 0.5) is 11.4 Å². The third-order valence-corrected chi connectivity index (χ3v) is 7.06. The van der Waals surface area contributed by atoms with E-state index in [1.54, 1.807) is 0 Å². The molecule has 0 atom stereocenters. The van der Waals surface area contributed by atoms with Gasteiger partial charge in [-0.15, -0.1) is 11.3 Å². The minimum absolute atomic E-state index is 0.0641. The first-order valence-electron chi connectivity index (χ1n) is 11.4. The molecule has 1 aromatic carbocycles. The number of para-hydroxylation sites is 2. The van der Waals surface area contributed by atoms with E-state index in [1.807, 2.05) is 37.5 Å². The summed E-state index contributed by atoms with van der Waals surface area (Å²) in [6, 6.07) is 12.3. The number of amides is 1. The van der Waals surface area contributed by atoms with Gasteiger partial charge >= 0.3 is 0 Å². The lowest BCUT2D eigenvalue weighted by molar-refractivity contribution is 0.103. The van der Waals surface area contributed by atoms with E-state index in [2.05, 4.69) is 50.2 Å². The van der Waals surface area contributed by atoms with E-state index >= 15 is 0 Å². The van der Waals surface area contributed by atoms with Crippen molar-refractivity contribution in [2.24, 2.45) is 0 Å². The van der Waals surface area contributed by atoms with Crippen molar-refractivity contribution in [3.8, 4) is 0 Å². The Morgan fingerprint density at radius 2 is 1.81 bits per heavy atom. The largest absolute Gasteiger partial charge is 0.367 e. The predicted octanol–water partition coefficient (Wildman–Crippen LogP) is 4.42. The lowest BCUT2D eigenvalue weighted by Crippen LogP contribution is -2.47. The number of nitrogens with zero attached hydrogens (tertiary/aromatic N) is 4. The SMILES string of the molecule is CCCc1nc(C)c(C(=O)Nc2ccccc2N2CCN(CCc3ccncc3)CC2)s1. The van der Waals surface area contributed by atoms with Gasteiger partial charge in [-0.05, 0) is 56.0 Å². The molecule has 32 heavy (non-hydrogen) atoms. The van der Waals surface area contributed by atoms with E-state index in [9.17, 15) is 4.79 Å². The summed E-state index contributed by atoms with van der Waals surface area (Å²) in [5.74, 6) is -0.0641. The average molecular weight is 450 g/mol. The molecule has 0 spiro atoms. The second-order valence-electron chi connectivity index (χ2n) is 8.18. The third-order valence-electron chi connectivity index (χ3n) is 5.84. The highest BCUT2D eigenvalue weighted by molar-refractivity contribution is 7.13. The van der Waals surface area contributed by atoms with Crippen LogP contribution < -0.4 is 10.2 Å². The number of nitrogens with one attached hydrogen (secondary N) is 1. The Hall–Kier alpha value is -2.77. The molecule has 168 valence electrons. The molecule has 1 aliphatic heterocycles. The van der Waals surface area contributed by atoms with Crippen molar-refractivity contribution in [1.29, 1.82) is 0 Å². The standard InChI is InChI=1S/C25H31N5OS/c1-3-6-23-27-19(2)24(32-23)25(31)28-21-7-4-5-8-22(21)30-17-15-29(16-18-30)14-11-20-9-12-26-13-10-20/h4-5,7-10,12-13H,3,6,11,14-18H2,1-2H3,(H,28,31). The van der Waals surface area contributed by atoms with Gasteiger partial charge < -0.3 is 10.2 Å². The van der Waals surface area contributed by atoms with Crippen LogP contribution in [0, 0.1) is 6.92 Å². The van der Waals surface area contributed by atoms with Gasteiger partial charge in [0.1, 0.15) is 4.88 Å². The van der Waals surface area contributed by atoms with Crippen molar-refractivity contribution in [3.05, 3.63) is 69.9 Å². The summed E-state index contributed by atoms with van der Waals surface area (Å²) in [6.07, 6.45) is 6.71. The molecule has 0 bridgehead atoms. The molecule has 0 aliphatic carbocycles. The zero-order valence-electron chi connectivity index (χ0n) is 18.9. The van der Waals surface area contributed by atoms with Gasteiger partial charge in [0.05, 0.1) is 22.1 Å². The molecule has 0 saturated carbocycles. The van der Waals surface area contributed by atoms with Gasteiger partial charge in [0.15, 0.2) is 0 Å². The lowest BCUT2D eigenvalue weighted by Gasteiger charge is -2.37. The Labute approximate surface area is 194 Å². The van der Waals surface area contributed by atoms with Crippen molar-refractivity contribution in [2.45, 2.75) is 33.1 Å². The number of carbonyl (C=O) groups is 1. The summed E-state index contributed by atoms with van der Waals surface area (Å²) in [7, 11) is 0. The summed E-state index contributed by atoms with van der Waals surface area (Å²) in [4.78, 5) is 27.2. The van der Waals surface area contributed by atoms with E-state index in [4.69, 9.17) is 0 Å². The molecule has 1 aliphatic rings. The Bertz CT molecular complexity index is 1030. The number of carbonyl (C=O) groups excluding carboxylic acids is 1. The van der Waals surface area contributed by atoms with Crippen molar-refractivity contribution >= 4 is 28.6 Å². The van der Waals surface area contributed by atoms with Crippen LogP contribution in [0.25, 0.3) is 0 Å². The molecule has 7 heteroatoms. The molecular formula is C25H31N5OS. The molecular weight excluding hydrogens is 418 g/mol. The van der Waals surface area contributed by atoms with Crippen molar-refractivity contribution < 1.29 is 4.79 Å². The van der Waals surface area contributed by atoms with Gasteiger partial charge in [0.25, 0.3) is 5.91 Å². The first kappa shape index (κ1) is 22.4. The van der Waals surface area contributed by atoms with Crippen molar-refractivity contribution in [1.82, 2.24) is 14.9 Å². The molecule has 1 fully saturated rings. The molecule has 1 N–H and O–H groups in total. The molecule has 1 saturated heterocycles. The van der Waals surface area contributed by atoms with E-state index in [0.29, 0.717) is 4.88 Å². The predicted molar refractivity (Wildman–Crippen MR) is 132 cm³/mol. The van der Waals surface area contributed by atoms with Gasteiger partial charge in [0, 0.05) is 45.1 Å². The van der Waals surface area contributed by atoms with Crippen molar-refractivity contribution in [2.75, 3.05) is 42.9 Å². The molecule has 3 heterocycles. The summed E-state index contributed by atoms with van der Waals surface area (Å²) < 4.78 is 0. The maximum atomic E-state index is 13.0. The lowest BCUT2D eigenvalue weighted by atomic mass is 10.1. The van der Waals surface area contributed by atoms with Crippen LogP contribution in [0.5, 0.6) is 0 Å². The number of aromatic nitrogens is 2. The minimum Gasteiger partial charge on any atom is -0.367 e. The summed E-state index contributed by atoms with van der Waals surface area (Å²) >= 11 is 1.51. The number of hydrogen-bond donors (Lipinski definition) is 1. The fraction of sp³-hybridized carbons (Fsp3) is 0.400. The Kier molecular flexibility index (Phi) is 7.50. The number of piperazine rings is 1. The van der Waals surface area contributed by atoms with Crippen LogP contribution in [0.2, 0.25) is 0 Å². The van der Waals surface area contributed by atoms with Crippen LogP contribution in [0.15, 0.2) is 48.8 Å². The quantitative estimate of drug-likeness (QED) is 0.552. The van der Waals surface area contributed by atoms with Crippen molar-refractivity contribution in [3.63, 3.8) is 0 Å². The van der Waals surface area contributed by atoms with Gasteiger partial charge in [0.2, 0.25) is 0 Å². The highest BCUT2D eigenvalue weighted by atomic mass is 32.1. The smallest absolute Gasteiger partial charge is 0.267 e. The summed E-state index contributed by atoms with van der Waals surface area (Å²) in [5.41, 5.74) is 4.10. The number of thiazole rings is 1. The van der Waals surface area contributed by atoms with E-state index in [-0.39, 0.29) is 5.91 Å². The van der Waals surface area contributed by atoms with E-state index in [1.165, 1.54) is 16.9 Å². The number of pyridine rings is 1. The molecule has 0 radical (unpaired) electrons.